The fourth-order valence-electron chi connectivity index (χ4n) is 2.77. The summed E-state index contributed by atoms with van der Waals surface area (Å²) in [6.45, 7) is 4.31. The molecule has 2 rings (SSSR count). The Bertz CT molecular complexity index is 487. The number of ether oxygens (including phenoxy) is 1. The van der Waals surface area contributed by atoms with E-state index in [-0.39, 0.29) is 18.2 Å². The van der Waals surface area contributed by atoms with Crippen molar-refractivity contribution in [1.82, 2.24) is 0 Å². The fraction of sp³-hybridized carbons (Fsp3) is 0.625. The molecule has 118 valence electrons. The first-order valence-electron chi connectivity index (χ1n) is 7.28. The Morgan fingerprint density at radius 3 is 2.38 bits per heavy atom. The van der Waals surface area contributed by atoms with Gasteiger partial charge in [0.1, 0.15) is 5.75 Å². The zero-order chi connectivity index (χ0) is 15.7. The first-order valence-corrected chi connectivity index (χ1v) is 7.28. The van der Waals surface area contributed by atoms with Crippen molar-refractivity contribution in [3.63, 3.8) is 0 Å². The molecule has 1 saturated carbocycles. The summed E-state index contributed by atoms with van der Waals surface area (Å²) in [5.41, 5.74) is 5.17. The molecule has 1 aromatic carbocycles. The van der Waals surface area contributed by atoms with E-state index in [1.54, 1.807) is 0 Å². The van der Waals surface area contributed by atoms with Crippen molar-refractivity contribution in [2.75, 3.05) is 0 Å². The van der Waals surface area contributed by atoms with Gasteiger partial charge in [-0.05, 0) is 54.9 Å². The maximum absolute atomic E-state index is 12.8. The molecule has 0 radical (unpaired) electrons. The Balaban J connectivity index is 2.08. The van der Waals surface area contributed by atoms with Crippen molar-refractivity contribution in [1.29, 1.82) is 0 Å². The molecule has 0 aliphatic heterocycles. The Hall–Kier alpha value is -1.23. The largest absolute Gasteiger partial charge is 0.490 e. The second kappa shape index (κ2) is 5.87. The van der Waals surface area contributed by atoms with Crippen LogP contribution in [-0.2, 0) is 12.7 Å². The molecule has 0 unspecified atom stereocenters. The smallest absolute Gasteiger partial charge is 0.416 e. The Labute approximate surface area is 123 Å². The minimum Gasteiger partial charge on any atom is -0.490 e. The van der Waals surface area contributed by atoms with Crippen LogP contribution in [0.2, 0.25) is 0 Å². The van der Waals surface area contributed by atoms with Crippen LogP contribution in [0.15, 0.2) is 18.2 Å². The lowest BCUT2D eigenvalue weighted by molar-refractivity contribution is -0.138. The second-order valence-electron chi connectivity index (χ2n) is 6.50. The highest BCUT2D eigenvalue weighted by Gasteiger charge is 2.33. The zero-order valence-electron chi connectivity index (χ0n) is 12.5. The van der Waals surface area contributed by atoms with E-state index in [9.17, 15) is 13.2 Å². The monoisotopic (exact) mass is 301 g/mol. The number of alkyl halides is 3. The van der Waals surface area contributed by atoms with Crippen LogP contribution in [0.1, 0.15) is 50.7 Å². The third kappa shape index (κ3) is 4.13. The quantitative estimate of drug-likeness (QED) is 0.891. The summed E-state index contributed by atoms with van der Waals surface area (Å²) in [7, 11) is 0. The summed E-state index contributed by atoms with van der Waals surface area (Å²) < 4.78 is 44.3. The van der Waals surface area contributed by atoms with Crippen molar-refractivity contribution in [3.05, 3.63) is 29.3 Å². The molecule has 1 aliphatic carbocycles. The molecule has 0 saturated heterocycles. The molecule has 0 aromatic heterocycles. The van der Waals surface area contributed by atoms with Crippen LogP contribution in [0.25, 0.3) is 0 Å². The third-order valence-corrected chi connectivity index (χ3v) is 4.19. The molecule has 5 heteroatoms. The highest BCUT2D eigenvalue weighted by Crippen LogP contribution is 2.38. The summed E-state index contributed by atoms with van der Waals surface area (Å²) >= 11 is 0. The van der Waals surface area contributed by atoms with Crippen molar-refractivity contribution in [2.24, 2.45) is 11.1 Å². The molecule has 0 amide bonds. The molecule has 0 spiro atoms. The van der Waals surface area contributed by atoms with Gasteiger partial charge in [-0.2, -0.15) is 13.2 Å². The number of nitrogens with two attached hydrogens (primary N) is 1. The molecule has 1 aliphatic rings. The molecule has 0 bridgehead atoms. The molecule has 0 heterocycles. The molecule has 0 atom stereocenters. The minimum atomic E-state index is -4.37. The minimum absolute atomic E-state index is 0.0798. The average Bonchev–Trinajstić information content (AvgIpc) is 2.40. The van der Waals surface area contributed by atoms with Crippen LogP contribution in [0.3, 0.4) is 0 Å². The third-order valence-electron chi connectivity index (χ3n) is 4.19. The standard InChI is InChI=1S/C16H22F3NO/c1-15(2)7-5-12(6-8-15)21-13-3-4-14(16(17,18)19)11(9-13)10-20/h3-4,9,12H,5-8,10,20H2,1-2H3. The summed E-state index contributed by atoms with van der Waals surface area (Å²) in [4.78, 5) is 0. The van der Waals surface area contributed by atoms with Gasteiger partial charge in [-0.3, -0.25) is 0 Å². The van der Waals surface area contributed by atoms with E-state index >= 15 is 0 Å². The fourth-order valence-corrected chi connectivity index (χ4v) is 2.77. The topological polar surface area (TPSA) is 35.2 Å². The van der Waals surface area contributed by atoms with E-state index in [2.05, 4.69) is 13.8 Å². The SMILES string of the molecule is CC1(C)CCC(Oc2ccc(C(F)(F)F)c(CN)c2)CC1. The van der Waals surface area contributed by atoms with Gasteiger partial charge in [0.05, 0.1) is 11.7 Å². The zero-order valence-corrected chi connectivity index (χ0v) is 12.5. The van der Waals surface area contributed by atoms with E-state index in [0.29, 0.717) is 11.2 Å². The summed E-state index contributed by atoms with van der Waals surface area (Å²) in [5, 5.41) is 0. The average molecular weight is 301 g/mol. The van der Waals surface area contributed by atoms with Gasteiger partial charge in [-0.15, -0.1) is 0 Å². The molecule has 1 aromatic rings. The molecular formula is C16H22F3NO. The van der Waals surface area contributed by atoms with Crippen molar-refractivity contribution in [3.8, 4) is 5.75 Å². The van der Waals surface area contributed by atoms with E-state index in [1.807, 2.05) is 0 Å². The van der Waals surface area contributed by atoms with Crippen LogP contribution in [0, 0.1) is 5.41 Å². The van der Waals surface area contributed by atoms with Crippen LogP contribution in [-0.4, -0.2) is 6.10 Å². The highest BCUT2D eigenvalue weighted by atomic mass is 19.4. The first kappa shape index (κ1) is 16.1. The van der Waals surface area contributed by atoms with Crippen molar-refractivity contribution in [2.45, 2.75) is 58.4 Å². The molecule has 2 nitrogen and oxygen atoms in total. The molecule has 2 N–H and O–H groups in total. The van der Waals surface area contributed by atoms with Gasteiger partial charge in [-0.25, -0.2) is 0 Å². The maximum atomic E-state index is 12.8. The Morgan fingerprint density at radius 2 is 1.86 bits per heavy atom. The number of hydrogen-bond acceptors (Lipinski definition) is 2. The number of benzene rings is 1. The van der Waals surface area contributed by atoms with Crippen LogP contribution in [0.4, 0.5) is 13.2 Å². The lowest BCUT2D eigenvalue weighted by atomic mass is 9.76. The van der Waals surface area contributed by atoms with Gasteiger partial charge in [0, 0.05) is 6.54 Å². The number of halogens is 3. The molecule has 21 heavy (non-hydrogen) atoms. The van der Waals surface area contributed by atoms with E-state index < -0.39 is 11.7 Å². The summed E-state index contributed by atoms with van der Waals surface area (Å²) in [6, 6.07) is 3.87. The van der Waals surface area contributed by atoms with Gasteiger partial charge >= 0.3 is 6.18 Å². The normalized spacial score (nSPS) is 19.5. The van der Waals surface area contributed by atoms with Crippen molar-refractivity contribution >= 4 is 0 Å². The van der Waals surface area contributed by atoms with Gasteiger partial charge in [0.2, 0.25) is 0 Å². The van der Waals surface area contributed by atoms with Gasteiger partial charge < -0.3 is 10.5 Å². The first-order chi connectivity index (χ1) is 9.71. The lowest BCUT2D eigenvalue weighted by Gasteiger charge is -2.34. The highest BCUT2D eigenvalue weighted by molar-refractivity contribution is 5.37. The number of rotatable bonds is 3. The van der Waals surface area contributed by atoms with Gasteiger partial charge in [0.25, 0.3) is 0 Å². The van der Waals surface area contributed by atoms with Crippen LogP contribution >= 0.6 is 0 Å². The predicted octanol–water partition coefficient (Wildman–Crippen LogP) is 4.51. The summed E-state index contributed by atoms with van der Waals surface area (Å²) in [6.07, 6.45) is -0.273. The van der Waals surface area contributed by atoms with E-state index in [1.165, 1.54) is 12.1 Å². The van der Waals surface area contributed by atoms with Crippen LogP contribution < -0.4 is 10.5 Å². The molecular weight excluding hydrogens is 279 g/mol. The molecule has 1 fully saturated rings. The second-order valence-corrected chi connectivity index (χ2v) is 6.50. The Kier molecular flexibility index (Phi) is 4.51. The lowest BCUT2D eigenvalue weighted by Crippen LogP contribution is -2.28. The number of hydrogen-bond donors (Lipinski definition) is 1. The van der Waals surface area contributed by atoms with Gasteiger partial charge in [-0.1, -0.05) is 13.8 Å². The van der Waals surface area contributed by atoms with E-state index in [4.69, 9.17) is 10.5 Å². The van der Waals surface area contributed by atoms with Crippen LogP contribution in [0.5, 0.6) is 5.75 Å². The maximum Gasteiger partial charge on any atom is 0.416 e. The predicted molar refractivity (Wildman–Crippen MR) is 76.0 cm³/mol. The Morgan fingerprint density at radius 1 is 1.24 bits per heavy atom. The van der Waals surface area contributed by atoms with Gasteiger partial charge in [0.15, 0.2) is 0 Å². The summed E-state index contributed by atoms with van der Waals surface area (Å²) in [5.74, 6) is 0.480. The van der Waals surface area contributed by atoms with E-state index in [0.717, 1.165) is 31.7 Å². The van der Waals surface area contributed by atoms with Crippen molar-refractivity contribution < 1.29 is 17.9 Å².